The molecule has 0 bridgehead atoms. The molecule has 1 aromatic carbocycles. The fourth-order valence-corrected chi connectivity index (χ4v) is 2.75. The summed E-state index contributed by atoms with van der Waals surface area (Å²) < 4.78 is 2.11. The Balaban J connectivity index is 1.70. The van der Waals surface area contributed by atoms with Crippen molar-refractivity contribution in [1.29, 1.82) is 0 Å². The molecule has 0 aliphatic heterocycles. The normalized spacial score (nSPS) is 16.5. The minimum atomic E-state index is 0.346. The van der Waals surface area contributed by atoms with Gasteiger partial charge in [-0.2, -0.15) is 0 Å². The van der Waals surface area contributed by atoms with Crippen molar-refractivity contribution in [2.24, 2.45) is 0 Å². The molecule has 0 radical (unpaired) electrons. The summed E-state index contributed by atoms with van der Waals surface area (Å²) in [5, 5.41) is 8.80. The number of benzene rings is 1. The average Bonchev–Trinajstić information content (AvgIpc) is 3.20. The van der Waals surface area contributed by atoms with E-state index in [9.17, 15) is 0 Å². The lowest BCUT2D eigenvalue weighted by Crippen LogP contribution is -2.10. The van der Waals surface area contributed by atoms with Crippen LogP contribution in [0.5, 0.6) is 0 Å². The van der Waals surface area contributed by atoms with Gasteiger partial charge in [0.1, 0.15) is 5.82 Å². The van der Waals surface area contributed by atoms with E-state index < -0.39 is 0 Å². The van der Waals surface area contributed by atoms with Crippen LogP contribution in [0.1, 0.15) is 49.5 Å². The zero-order chi connectivity index (χ0) is 13.2. The predicted molar refractivity (Wildman–Crippen MR) is 76.5 cm³/mol. The summed E-state index contributed by atoms with van der Waals surface area (Å²) in [7, 11) is 0. The molecule has 1 atom stereocenters. The van der Waals surface area contributed by atoms with Gasteiger partial charge in [-0.05, 0) is 49.8 Å². The molecule has 19 heavy (non-hydrogen) atoms. The average molecular weight is 276 g/mol. The molecule has 1 saturated carbocycles. The molecule has 1 aliphatic carbocycles. The molecule has 0 saturated heterocycles. The van der Waals surface area contributed by atoms with Gasteiger partial charge in [-0.3, -0.25) is 4.57 Å². The second kappa shape index (κ2) is 5.33. The maximum Gasteiger partial charge on any atom is 0.225 e. The van der Waals surface area contributed by atoms with Crippen LogP contribution in [0.3, 0.4) is 0 Å². The van der Waals surface area contributed by atoms with Crippen molar-refractivity contribution in [3.63, 3.8) is 0 Å². The number of hydrogen-bond donors (Lipinski definition) is 0. The first-order chi connectivity index (χ1) is 9.25. The van der Waals surface area contributed by atoms with E-state index in [-0.39, 0.29) is 0 Å². The van der Waals surface area contributed by atoms with Gasteiger partial charge in [-0.1, -0.05) is 30.3 Å². The number of nitrogens with zero attached hydrogens (tertiary/aromatic N) is 3. The van der Waals surface area contributed by atoms with Crippen LogP contribution in [0.25, 0.3) is 0 Å². The predicted octanol–water partition coefficient (Wildman–Crippen LogP) is 4.00. The standard InChI is InChI=1S/C15H18ClN3/c1-11(7-8-12-5-3-2-4-6-12)19-14(13-9-10-13)17-18-15(19)16/h2-6,11,13H,7-10H2,1H3. The van der Waals surface area contributed by atoms with E-state index in [0.29, 0.717) is 17.2 Å². The van der Waals surface area contributed by atoms with Gasteiger partial charge in [0, 0.05) is 12.0 Å². The molecule has 1 fully saturated rings. The van der Waals surface area contributed by atoms with E-state index in [1.807, 2.05) is 0 Å². The summed E-state index contributed by atoms with van der Waals surface area (Å²) in [6.45, 7) is 2.20. The smallest absolute Gasteiger partial charge is 0.225 e. The Morgan fingerprint density at radius 3 is 2.68 bits per heavy atom. The number of hydrogen-bond acceptors (Lipinski definition) is 2. The van der Waals surface area contributed by atoms with Gasteiger partial charge in [0.05, 0.1) is 0 Å². The van der Waals surface area contributed by atoms with E-state index in [4.69, 9.17) is 11.6 Å². The van der Waals surface area contributed by atoms with E-state index in [2.05, 4.69) is 52.0 Å². The number of halogens is 1. The fraction of sp³-hybridized carbons (Fsp3) is 0.467. The van der Waals surface area contributed by atoms with Gasteiger partial charge in [0.25, 0.3) is 0 Å². The molecule has 0 amide bonds. The van der Waals surface area contributed by atoms with E-state index in [1.54, 1.807) is 0 Å². The number of aromatic nitrogens is 3. The van der Waals surface area contributed by atoms with Crippen molar-refractivity contribution >= 4 is 11.6 Å². The van der Waals surface area contributed by atoms with E-state index in [1.165, 1.54) is 18.4 Å². The summed E-state index contributed by atoms with van der Waals surface area (Å²) in [6, 6.07) is 10.9. The van der Waals surface area contributed by atoms with E-state index >= 15 is 0 Å². The molecule has 0 spiro atoms. The second-order valence-corrected chi connectivity index (χ2v) is 5.68. The van der Waals surface area contributed by atoms with Crippen LogP contribution in [0.2, 0.25) is 5.28 Å². The van der Waals surface area contributed by atoms with Gasteiger partial charge < -0.3 is 0 Å². The molecular formula is C15H18ClN3. The highest BCUT2D eigenvalue weighted by Crippen LogP contribution is 2.41. The number of rotatable bonds is 5. The van der Waals surface area contributed by atoms with Gasteiger partial charge in [-0.15, -0.1) is 10.2 Å². The van der Waals surface area contributed by atoms with E-state index in [0.717, 1.165) is 18.7 Å². The van der Waals surface area contributed by atoms with Crippen LogP contribution in [0.15, 0.2) is 30.3 Å². The maximum absolute atomic E-state index is 6.18. The second-order valence-electron chi connectivity index (χ2n) is 5.34. The van der Waals surface area contributed by atoms with Crippen molar-refractivity contribution in [1.82, 2.24) is 14.8 Å². The summed E-state index contributed by atoms with van der Waals surface area (Å²) >= 11 is 6.18. The third-order valence-electron chi connectivity index (χ3n) is 3.76. The SMILES string of the molecule is CC(CCc1ccccc1)n1c(Cl)nnc1C1CC1. The first kappa shape index (κ1) is 12.7. The molecule has 100 valence electrons. The lowest BCUT2D eigenvalue weighted by atomic mass is 10.1. The summed E-state index contributed by atoms with van der Waals surface area (Å²) in [6.07, 6.45) is 4.56. The highest BCUT2D eigenvalue weighted by molar-refractivity contribution is 6.28. The lowest BCUT2D eigenvalue weighted by Gasteiger charge is -2.16. The topological polar surface area (TPSA) is 30.7 Å². The van der Waals surface area contributed by atoms with Gasteiger partial charge in [0.15, 0.2) is 0 Å². The Morgan fingerprint density at radius 1 is 1.26 bits per heavy atom. The first-order valence-corrected chi connectivity index (χ1v) is 7.27. The molecule has 3 nitrogen and oxygen atoms in total. The molecule has 1 heterocycles. The summed E-state index contributed by atoms with van der Waals surface area (Å²) in [5.74, 6) is 1.66. The fourth-order valence-electron chi connectivity index (χ4n) is 2.46. The third-order valence-corrected chi connectivity index (χ3v) is 4.02. The van der Waals surface area contributed by atoms with Gasteiger partial charge >= 0.3 is 0 Å². The number of aryl methyl sites for hydroxylation is 1. The van der Waals surface area contributed by atoms with Crippen LogP contribution in [0.4, 0.5) is 0 Å². The largest absolute Gasteiger partial charge is 0.299 e. The summed E-state index contributed by atoms with van der Waals surface area (Å²) in [4.78, 5) is 0. The Kier molecular flexibility index (Phi) is 3.56. The van der Waals surface area contributed by atoms with Crippen LogP contribution in [-0.4, -0.2) is 14.8 Å². The molecular weight excluding hydrogens is 258 g/mol. The highest BCUT2D eigenvalue weighted by Gasteiger charge is 2.31. The highest BCUT2D eigenvalue weighted by atomic mass is 35.5. The molecule has 3 rings (SSSR count). The third kappa shape index (κ3) is 2.81. The van der Waals surface area contributed by atoms with Crippen molar-refractivity contribution in [2.75, 3.05) is 0 Å². The lowest BCUT2D eigenvalue weighted by molar-refractivity contribution is 0.488. The van der Waals surface area contributed by atoms with Crippen LogP contribution < -0.4 is 0 Å². The van der Waals surface area contributed by atoms with Crippen molar-refractivity contribution in [2.45, 2.75) is 44.6 Å². The summed E-state index contributed by atoms with van der Waals surface area (Å²) in [5.41, 5.74) is 1.37. The minimum absolute atomic E-state index is 0.346. The molecule has 1 aliphatic rings. The quantitative estimate of drug-likeness (QED) is 0.826. The first-order valence-electron chi connectivity index (χ1n) is 6.90. The van der Waals surface area contributed by atoms with Crippen molar-refractivity contribution < 1.29 is 0 Å². The van der Waals surface area contributed by atoms with Crippen LogP contribution in [-0.2, 0) is 6.42 Å². The monoisotopic (exact) mass is 275 g/mol. The minimum Gasteiger partial charge on any atom is -0.299 e. The van der Waals surface area contributed by atoms with Crippen molar-refractivity contribution in [3.05, 3.63) is 47.0 Å². The van der Waals surface area contributed by atoms with Crippen molar-refractivity contribution in [3.8, 4) is 0 Å². The Morgan fingerprint density at radius 2 is 2.00 bits per heavy atom. The molecule has 1 unspecified atom stereocenters. The maximum atomic E-state index is 6.18. The molecule has 0 N–H and O–H groups in total. The zero-order valence-electron chi connectivity index (χ0n) is 11.1. The van der Waals surface area contributed by atoms with Crippen LogP contribution in [0, 0.1) is 0 Å². The Labute approximate surface area is 118 Å². The van der Waals surface area contributed by atoms with Gasteiger partial charge in [-0.25, -0.2) is 0 Å². The molecule has 2 aromatic rings. The molecule has 4 heteroatoms. The Hall–Kier alpha value is -1.35. The van der Waals surface area contributed by atoms with Crippen LogP contribution >= 0.6 is 11.6 Å². The Bertz CT molecular complexity index is 546. The van der Waals surface area contributed by atoms with Gasteiger partial charge in [0.2, 0.25) is 5.28 Å². The zero-order valence-corrected chi connectivity index (χ0v) is 11.8. The molecule has 1 aromatic heterocycles.